The van der Waals surface area contributed by atoms with E-state index in [0.29, 0.717) is 22.4 Å². The molecule has 0 aliphatic rings. The van der Waals surface area contributed by atoms with E-state index in [9.17, 15) is 18.3 Å². The van der Waals surface area contributed by atoms with Crippen LogP contribution in [0.25, 0.3) is 11.1 Å². The van der Waals surface area contributed by atoms with Gasteiger partial charge in [-0.15, -0.1) is 13.2 Å². The molecule has 0 amide bonds. The van der Waals surface area contributed by atoms with Gasteiger partial charge in [-0.3, -0.25) is 4.99 Å². The molecular formula is C20H21F3N2O2. The number of hydrogen-bond donors (Lipinski definition) is 2. The monoisotopic (exact) mass is 378 g/mol. The molecule has 0 heterocycles. The molecule has 0 saturated carbocycles. The quantitative estimate of drug-likeness (QED) is 0.698. The largest absolute Gasteiger partial charge is 0.573 e. The highest BCUT2D eigenvalue weighted by Gasteiger charge is 2.31. The van der Waals surface area contributed by atoms with E-state index < -0.39 is 12.5 Å². The van der Waals surface area contributed by atoms with E-state index in [-0.39, 0.29) is 12.3 Å². The molecule has 0 aliphatic carbocycles. The second kappa shape index (κ2) is 8.37. The van der Waals surface area contributed by atoms with Gasteiger partial charge in [0.2, 0.25) is 0 Å². The fourth-order valence-electron chi connectivity index (χ4n) is 2.91. The molecule has 0 aromatic heterocycles. The van der Waals surface area contributed by atoms with Crippen molar-refractivity contribution in [3.05, 3.63) is 59.7 Å². The van der Waals surface area contributed by atoms with Crippen LogP contribution in [-0.2, 0) is 6.54 Å². The highest BCUT2D eigenvalue weighted by Crippen LogP contribution is 2.39. The van der Waals surface area contributed by atoms with Gasteiger partial charge in [0.15, 0.2) is 0 Å². The van der Waals surface area contributed by atoms with Crippen molar-refractivity contribution in [1.82, 2.24) is 0 Å². The summed E-state index contributed by atoms with van der Waals surface area (Å²) in [5.41, 5.74) is 9.95. The predicted octanol–water partition coefficient (Wildman–Crippen LogP) is 4.96. The number of aliphatic hydroxyl groups is 1. The van der Waals surface area contributed by atoms with Gasteiger partial charge in [0.05, 0.1) is 11.8 Å². The minimum atomic E-state index is -4.74. The maximum absolute atomic E-state index is 12.3. The van der Waals surface area contributed by atoms with Crippen LogP contribution in [0.2, 0.25) is 0 Å². The molecule has 0 saturated heterocycles. The normalized spacial score (nSPS) is 13.0. The molecule has 0 aliphatic heterocycles. The molecule has 1 atom stereocenters. The van der Waals surface area contributed by atoms with E-state index in [2.05, 4.69) is 16.3 Å². The van der Waals surface area contributed by atoms with Gasteiger partial charge in [-0.2, -0.15) is 0 Å². The van der Waals surface area contributed by atoms with Crippen molar-refractivity contribution in [3.8, 4) is 16.9 Å². The molecule has 7 heteroatoms. The van der Waals surface area contributed by atoms with Crippen molar-refractivity contribution in [2.45, 2.75) is 32.9 Å². The van der Waals surface area contributed by atoms with E-state index in [0.717, 1.165) is 11.1 Å². The number of ether oxygens (including phenoxy) is 1. The van der Waals surface area contributed by atoms with Crippen LogP contribution in [0.3, 0.4) is 0 Å². The zero-order valence-corrected chi connectivity index (χ0v) is 15.0. The average molecular weight is 378 g/mol. The Bertz CT molecular complexity index is 842. The molecule has 2 rings (SSSR count). The fraction of sp³-hybridized carbons (Fsp3) is 0.250. The molecule has 2 aromatic carbocycles. The number of nitrogens with zero attached hydrogens (tertiary/aromatic N) is 1. The maximum atomic E-state index is 12.3. The van der Waals surface area contributed by atoms with Crippen molar-refractivity contribution in [2.75, 3.05) is 0 Å². The van der Waals surface area contributed by atoms with Crippen LogP contribution in [0, 0.1) is 6.92 Å². The summed E-state index contributed by atoms with van der Waals surface area (Å²) in [6, 6.07) is 7.39. The lowest BCUT2D eigenvalue weighted by Crippen LogP contribution is -2.16. The Morgan fingerprint density at radius 3 is 2.41 bits per heavy atom. The zero-order valence-electron chi connectivity index (χ0n) is 15.0. The van der Waals surface area contributed by atoms with Crippen molar-refractivity contribution >= 4 is 11.9 Å². The van der Waals surface area contributed by atoms with Crippen LogP contribution in [0.5, 0.6) is 5.75 Å². The summed E-state index contributed by atoms with van der Waals surface area (Å²) < 4.78 is 40.9. The summed E-state index contributed by atoms with van der Waals surface area (Å²) in [5, 5.41) is 10.2. The number of nitrogens with two attached hydrogens (primary N) is 1. The van der Waals surface area contributed by atoms with Crippen LogP contribution in [-0.4, -0.2) is 17.7 Å². The number of benzene rings is 2. The van der Waals surface area contributed by atoms with Gasteiger partial charge in [-0.25, -0.2) is 0 Å². The average Bonchev–Trinajstić information content (AvgIpc) is 2.59. The number of rotatable bonds is 6. The number of allylic oxidation sites excluding steroid dienone is 1. The summed E-state index contributed by atoms with van der Waals surface area (Å²) in [4.78, 5) is 4.37. The molecule has 3 N–H and O–H groups in total. The Hall–Kier alpha value is -2.64. The van der Waals surface area contributed by atoms with Crippen LogP contribution in [0.1, 0.15) is 29.7 Å². The SMILES string of the molecule is C=CC=Nc1c(C)c(-c2ccc(OC(F)(F)F)cc2)cc(CN)c1C(C)O. The van der Waals surface area contributed by atoms with Gasteiger partial charge in [0.25, 0.3) is 0 Å². The summed E-state index contributed by atoms with van der Waals surface area (Å²) in [6.07, 6.45) is -2.49. The number of hydrogen-bond acceptors (Lipinski definition) is 4. The van der Waals surface area contributed by atoms with Crippen molar-refractivity contribution in [2.24, 2.45) is 10.7 Å². The third-order valence-corrected chi connectivity index (χ3v) is 4.02. The molecule has 27 heavy (non-hydrogen) atoms. The summed E-state index contributed by atoms with van der Waals surface area (Å²) >= 11 is 0. The Balaban J connectivity index is 2.60. The van der Waals surface area contributed by atoms with Crippen LogP contribution in [0.4, 0.5) is 18.9 Å². The minimum absolute atomic E-state index is 0.180. The molecule has 2 aromatic rings. The number of aliphatic hydroxyl groups excluding tert-OH is 1. The minimum Gasteiger partial charge on any atom is -0.406 e. The zero-order chi connectivity index (χ0) is 20.2. The fourth-order valence-corrected chi connectivity index (χ4v) is 2.91. The lowest BCUT2D eigenvalue weighted by atomic mass is 9.90. The first-order chi connectivity index (χ1) is 12.7. The molecule has 0 radical (unpaired) electrons. The topological polar surface area (TPSA) is 67.8 Å². The van der Waals surface area contributed by atoms with Gasteiger partial charge < -0.3 is 15.6 Å². The molecule has 0 fully saturated rings. The Morgan fingerprint density at radius 1 is 1.30 bits per heavy atom. The van der Waals surface area contributed by atoms with E-state index in [1.165, 1.54) is 36.6 Å². The molecule has 4 nitrogen and oxygen atoms in total. The lowest BCUT2D eigenvalue weighted by molar-refractivity contribution is -0.274. The highest BCUT2D eigenvalue weighted by molar-refractivity contribution is 5.81. The Kier molecular flexibility index (Phi) is 6.41. The van der Waals surface area contributed by atoms with E-state index in [1.807, 2.05) is 13.0 Å². The first-order valence-corrected chi connectivity index (χ1v) is 8.23. The molecule has 144 valence electrons. The standard InChI is InChI=1S/C20H21F3N2O2/c1-4-9-25-19-12(2)17(10-15(11-24)18(19)13(3)26)14-5-7-16(8-6-14)27-20(21,22)23/h4-10,13,26H,1,11,24H2,2-3H3. The highest BCUT2D eigenvalue weighted by atomic mass is 19.4. The van der Waals surface area contributed by atoms with Gasteiger partial charge >= 0.3 is 6.36 Å². The second-order valence-corrected chi connectivity index (χ2v) is 5.94. The molecule has 1 unspecified atom stereocenters. The molecule has 0 bridgehead atoms. The Labute approximate surface area is 155 Å². The summed E-state index contributed by atoms with van der Waals surface area (Å²) in [7, 11) is 0. The van der Waals surface area contributed by atoms with Gasteiger partial charge in [-0.05, 0) is 54.3 Å². The van der Waals surface area contributed by atoms with Crippen LogP contribution in [0.15, 0.2) is 48.0 Å². The third kappa shape index (κ3) is 4.96. The van der Waals surface area contributed by atoms with E-state index in [1.54, 1.807) is 6.92 Å². The smallest absolute Gasteiger partial charge is 0.406 e. The van der Waals surface area contributed by atoms with Gasteiger partial charge in [-0.1, -0.05) is 24.8 Å². The van der Waals surface area contributed by atoms with Gasteiger partial charge in [0, 0.05) is 18.3 Å². The van der Waals surface area contributed by atoms with Crippen molar-refractivity contribution < 1.29 is 23.0 Å². The van der Waals surface area contributed by atoms with Crippen molar-refractivity contribution in [3.63, 3.8) is 0 Å². The summed E-state index contributed by atoms with van der Waals surface area (Å²) in [6.45, 7) is 7.24. The van der Waals surface area contributed by atoms with Crippen LogP contribution >= 0.6 is 0 Å². The van der Waals surface area contributed by atoms with Crippen LogP contribution < -0.4 is 10.5 Å². The van der Waals surface area contributed by atoms with E-state index >= 15 is 0 Å². The molecule has 0 spiro atoms. The third-order valence-electron chi connectivity index (χ3n) is 4.02. The van der Waals surface area contributed by atoms with Gasteiger partial charge in [0.1, 0.15) is 5.75 Å². The number of alkyl halides is 3. The lowest BCUT2D eigenvalue weighted by Gasteiger charge is -2.20. The molecular weight excluding hydrogens is 357 g/mol. The number of aliphatic imine (C=N–C) groups is 1. The summed E-state index contributed by atoms with van der Waals surface area (Å²) in [5.74, 6) is -0.298. The first kappa shape index (κ1) is 20.7. The second-order valence-electron chi connectivity index (χ2n) is 5.94. The maximum Gasteiger partial charge on any atom is 0.573 e. The Morgan fingerprint density at radius 2 is 1.93 bits per heavy atom. The van der Waals surface area contributed by atoms with Crippen molar-refractivity contribution in [1.29, 1.82) is 0 Å². The number of halogens is 3. The van der Waals surface area contributed by atoms with E-state index in [4.69, 9.17) is 5.73 Å². The first-order valence-electron chi connectivity index (χ1n) is 8.23. The predicted molar refractivity (Wildman–Crippen MR) is 100 cm³/mol.